The predicted octanol–water partition coefficient (Wildman–Crippen LogP) is 1.72. The fourth-order valence-corrected chi connectivity index (χ4v) is 6.38. The Labute approximate surface area is 242 Å². The molecule has 226 valence electrons. The standard InChI is InChI=1S/C30H35NO11/c1-12-26(36)29(2,31(4)5)11-17(41-12)42-25-19-14(27(37)30(3,38)28(25)40-7)10-13-18(23(19)34)24(35)20-15(32)8-9-16(39-6)21(20)22(13)33/h8-10,12,17,25-26,28,32,34,36,38H,11H2,1-7H3/t12-,17-,25+,26+,28+,29-,30-/m0/s1. The lowest BCUT2D eigenvalue weighted by atomic mass is 9.72. The molecular formula is C30H35NO11. The average molecular weight is 586 g/mol. The SMILES string of the molecule is COc1ccc(O)c2c1C(=O)c1cc3c(c(O)c1C2=O)[C@@H](O[C@H]1C[C@](C)(N(C)C)[C@H](O)[C@H](C)O1)[C@@H](OC)[C@@](C)(O)C3=O. The van der Waals surface area contributed by atoms with Gasteiger partial charge in [-0.3, -0.25) is 14.4 Å². The molecule has 42 heavy (non-hydrogen) atoms. The number of methoxy groups -OCH3 is 2. The van der Waals surface area contributed by atoms with Crippen LogP contribution in [0.25, 0.3) is 0 Å². The number of likely N-dealkylation sites (N-methyl/N-ethyl adjacent to an activating group) is 1. The highest BCUT2D eigenvalue weighted by molar-refractivity contribution is 6.32. The lowest BCUT2D eigenvalue weighted by Gasteiger charge is -2.50. The zero-order valence-electron chi connectivity index (χ0n) is 24.4. The van der Waals surface area contributed by atoms with Crippen molar-refractivity contribution in [2.75, 3.05) is 28.3 Å². The highest BCUT2D eigenvalue weighted by Gasteiger charge is 2.56. The van der Waals surface area contributed by atoms with Crippen LogP contribution in [0.3, 0.4) is 0 Å². The van der Waals surface area contributed by atoms with E-state index in [1.165, 1.54) is 33.3 Å². The van der Waals surface area contributed by atoms with Crippen molar-refractivity contribution < 1.29 is 53.8 Å². The van der Waals surface area contributed by atoms with E-state index in [1.54, 1.807) is 21.0 Å². The maximum absolute atomic E-state index is 13.8. The van der Waals surface area contributed by atoms with Gasteiger partial charge in [0.2, 0.25) is 5.78 Å². The van der Waals surface area contributed by atoms with Gasteiger partial charge in [-0.2, -0.15) is 0 Å². The van der Waals surface area contributed by atoms with Crippen LogP contribution in [0.2, 0.25) is 0 Å². The number of hydrogen-bond acceptors (Lipinski definition) is 12. The van der Waals surface area contributed by atoms with E-state index in [2.05, 4.69) is 0 Å². The second kappa shape index (κ2) is 10.1. The Hall–Kier alpha value is -3.39. The minimum absolute atomic E-state index is 0.0256. The number of phenols is 2. The summed E-state index contributed by atoms with van der Waals surface area (Å²) < 4.78 is 23.1. The number of ketones is 3. The molecule has 0 saturated carbocycles. The number of aliphatic hydroxyl groups excluding tert-OH is 1. The summed E-state index contributed by atoms with van der Waals surface area (Å²) in [6.45, 7) is 4.76. The highest BCUT2D eigenvalue weighted by atomic mass is 16.7. The van der Waals surface area contributed by atoms with Crippen molar-refractivity contribution >= 4 is 17.3 Å². The number of phenolic OH excluding ortho intramolecular Hbond substituents is 2. The molecule has 0 unspecified atom stereocenters. The topological polar surface area (TPSA) is 172 Å². The van der Waals surface area contributed by atoms with Gasteiger partial charge in [-0.1, -0.05) is 0 Å². The van der Waals surface area contributed by atoms with Gasteiger partial charge < -0.3 is 44.3 Å². The Morgan fingerprint density at radius 1 is 1.00 bits per heavy atom. The summed E-state index contributed by atoms with van der Waals surface area (Å²) in [5.41, 5.74) is -4.66. The third kappa shape index (κ3) is 4.08. The number of aromatic hydroxyl groups is 2. The second-order valence-corrected chi connectivity index (χ2v) is 11.7. The van der Waals surface area contributed by atoms with Crippen molar-refractivity contribution in [3.8, 4) is 17.2 Å². The molecule has 2 aromatic rings. The fraction of sp³-hybridized carbons (Fsp3) is 0.500. The first kappa shape index (κ1) is 30.1. The fourth-order valence-electron chi connectivity index (χ4n) is 6.38. The van der Waals surface area contributed by atoms with Gasteiger partial charge in [0.15, 0.2) is 23.5 Å². The van der Waals surface area contributed by atoms with E-state index in [1.807, 2.05) is 11.8 Å². The second-order valence-electron chi connectivity index (χ2n) is 11.7. The Morgan fingerprint density at radius 3 is 2.26 bits per heavy atom. The van der Waals surface area contributed by atoms with Crippen molar-refractivity contribution in [2.45, 2.75) is 69.0 Å². The average Bonchev–Trinajstić information content (AvgIpc) is 2.92. The molecule has 12 heteroatoms. The summed E-state index contributed by atoms with van der Waals surface area (Å²) in [6.07, 6.45) is -5.11. The predicted molar refractivity (Wildman–Crippen MR) is 146 cm³/mol. The molecule has 5 rings (SSSR count). The van der Waals surface area contributed by atoms with E-state index in [4.69, 9.17) is 18.9 Å². The molecule has 1 heterocycles. The van der Waals surface area contributed by atoms with Gasteiger partial charge in [0.05, 0.1) is 41.5 Å². The van der Waals surface area contributed by atoms with Crippen molar-refractivity contribution in [1.29, 1.82) is 0 Å². The lowest BCUT2D eigenvalue weighted by molar-refractivity contribution is -0.285. The van der Waals surface area contributed by atoms with Crippen LogP contribution in [-0.2, 0) is 14.2 Å². The summed E-state index contributed by atoms with van der Waals surface area (Å²) in [5.74, 6) is -3.66. The third-order valence-corrected chi connectivity index (χ3v) is 9.05. The monoisotopic (exact) mass is 585 g/mol. The van der Waals surface area contributed by atoms with Crippen LogP contribution in [0.1, 0.15) is 81.1 Å². The molecule has 0 bridgehead atoms. The number of carbonyl (C=O) groups is 3. The normalized spacial score (nSPS) is 32.4. The van der Waals surface area contributed by atoms with E-state index in [0.717, 1.165) is 6.07 Å². The number of Topliss-reactive ketones (excluding diaryl/α,β-unsaturated/α-hetero) is 1. The molecule has 7 atom stereocenters. The van der Waals surface area contributed by atoms with Gasteiger partial charge in [0.1, 0.15) is 29.5 Å². The van der Waals surface area contributed by atoms with Gasteiger partial charge in [-0.15, -0.1) is 0 Å². The molecule has 1 fully saturated rings. The van der Waals surface area contributed by atoms with Crippen LogP contribution in [0.5, 0.6) is 17.2 Å². The van der Waals surface area contributed by atoms with Crippen molar-refractivity contribution in [3.63, 3.8) is 0 Å². The summed E-state index contributed by atoms with van der Waals surface area (Å²) >= 11 is 0. The smallest absolute Gasteiger partial charge is 0.202 e. The van der Waals surface area contributed by atoms with Crippen molar-refractivity contribution in [1.82, 2.24) is 4.90 Å². The lowest BCUT2D eigenvalue weighted by Crippen LogP contribution is -2.62. The molecule has 1 saturated heterocycles. The van der Waals surface area contributed by atoms with Gasteiger partial charge in [0.25, 0.3) is 0 Å². The highest BCUT2D eigenvalue weighted by Crippen LogP contribution is 2.50. The Balaban J connectivity index is 1.70. The third-order valence-electron chi connectivity index (χ3n) is 9.05. The minimum Gasteiger partial charge on any atom is -0.507 e. The van der Waals surface area contributed by atoms with Crippen molar-refractivity contribution in [2.24, 2.45) is 0 Å². The van der Waals surface area contributed by atoms with Crippen LogP contribution < -0.4 is 4.74 Å². The molecule has 0 aromatic heterocycles. The van der Waals surface area contributed by atoms with Crippen molar-refractivity contribution in [3.05, 3.63) is 51.6 Å². The van der Waals surface area contributed by atoms with Crippen LogP contribution in [-0.4, -0.2) is 107 Å². The molecule has 0 spiro atoms. The summed E-state index contributed by atoms with van der Waals surface area (Å²) in [5, 5.41) is 44.4. The minimum atomic E-state index is -2.17. The van der Waals surface area contributed by atoms with Gasteiger partial charge >= 0.3 is 0 Å². The number of carbonyl (C=O) groups excluding carboxylic acids is 3. The van der Waals surface area contributed by atoms with E-state index in [-0.39, 0.29) is 40.0 Å². The van der Waals surface area contributed by atoms with Gasteiger partial charge in [-0.25, -0.2) is 0 Å². The number of rotatable bonds is 5. The number of fused-ring (bicyclic) bond motifs is 3. The first-order valence-corrected chi connectivity index (χ1v) is 13.5. The van der Waals surface area contributed by atoms with E-state index in [9.17, 15) is 34.8 Å². The van der Waals surface area contributed by atoms with Crippen LogP contribution in [0, 0.1) is 0 Å². The van der Waals surface area contributed by atoms with Gasteiger partial charge in [0, 0.05) is 30.2 Å². The molecule has 1 aliphatic heterocycles. The van der Waals surface area contributed by atoms with E-state index >= 15 is 0 Å². The van der Waals surface area contributed by atoms with E-state index in [0.29, 0.717) is 0 Å². The largest absolute Gasteiger partial charge is 0.507 e. The Morgan fingerprint density at radius 2 is 1.67 bits per heavy atom. The Bertz CT molecular complexity index is 1500. The molecule has 3 aliphatic rings. The zero-order valence-corrected chi connectivity index (χ0v) is 24.4. The molecule has 0 radical (unpaired) electrons. The molecule has 2 aromatic carbocycles. The first-order valence-electron chi connectivity index (χ1n) is 13.5. The first-order chi connectivity index (χ1) is 19.6. The van der Waals surface area contributed by atoms with Crippen LogP contribution >= 0.6 is 0 Å². The maximum atomic E-state index is 13.8. The molecule has 4 N–H and O–H groups in total. The van der Waals surface area contributed by atoms with Gasteiger partial charge in [-0.05, 0) is 53.1 Å². The number of benzene rings is 2. The maximum Gasteiger partial charge on any atom is 0.202 e. The number of aliphatic hydroxyl groups is 2. The summed E-state index contributed by atoms with van der Waals surface area (Å²) in [6, 6.07) is 3.68. The number of ether oxygens (including phenoxy) is 4. The molecule has 2 aliphatic carbocycles. The number of hydrogen-bond donors (Lipinski definition) is 4. The molecular weight excluding hydrogens is 550 g/mol. The molecule has 12 nitrogen and oxygen atoms in total. The van der Waals surface area contributed by atoms with Crippen LogP contribution in [0.15, 0.2) is 18.2 Å². The molecule has 0 amide bonds. The van der Waals surface area contributed by atoms with Crippen LogP contribution in [0.4, 0.5) is 0 Å². The summed E-state index contributed by atoms with van der Waals surface area (Å²) in [7, 11) is 6.17. The number of nitrogens with zero attached hydrogens (tertiary/aromatic N) is 1. The Kier molecular flexibility index (Phi) is 7.24. The van der Waals surface area contributed by atoms with E-state index < -0.39 is 76.3 Å². The summed E-state index contributed by atoms with van der Waals surface area (Å²) in [4.78, 5) is 42.9. The quantitative estimate of drug-likeness (QED) is 0.342. The zero-order chi connectivity index (χ0) is 31.0.